The van der Waals surface area contributed by atoms with Crippen LogP contribution in [-0.2, 0) is 12.8 Å². The average molecular weight is 201 g/mol. The van der Waals surface area contributed by atoms with Gasteiger partial charge in [-0.15, -0.1) is 0 Å². The maximum atomic E-state index is 11.2. The summed E-state index contributed by atoms with van der Waals surface area (Å²) in [6.07, 6.45) is 1.51. The number of rotatable bonds is 0. The maximum absolute atomic E-state index is 11.2. The van der Waals surface area contributed by atoms with Gasteiger partial charge in [0.05, 0.1) is 0 Å². The molecule has 1 heterocycles. The van der Waals surface area contributed by atoms with Crippen molar-refractivity contribution in [1.29, 1.82) is 0 Å². The lowest BCUT2D eigenvalue weighted by molar-refractivity contribution is 0.246. The third kappa shape index (κ3) is 1.08. The molecule has 3 N–H and O–H groups in total. The quantitative estimate of drug-likeness (QED) is 0.645. The first kappa shape index (κ1) is 8.47. The zero-order valence-corrected chi connectivity index (χ0v) is 8.16. The number of benzene rings is 1. The van der Waals surface area contributed by atoms with Gasteiger partial charge in [-0.05, 0) is 11.1 Å². The Morgan fingerprint density at radius 2 is 1.87 bits per heavy atom. The molecule has 76 valence electrons. The van der Waals surface area contributed by atoms with E-state index in [0.29, 0.717) is 5.84 Å². The number of carbonyl (C=O) groups excluding carboxylic acids is 1. The molecular formula is C11H11N3O. The van der Waals surface area contributed by atoms with E-state index in [-0.39, 0.29) is 6.03 Å². The zero-order chi connectivity index (χ0) is 10.5. The molecule has 1 aliphatic carbocycles. The average Bonchev–Trinajstić information content (AvgIpc) is 2.67. The molecule has 0 bridgehead atoms. The van der Waals surface area contributed by atoms with Crippen LogP contribution in [0.4, 0.5) is 4.79 Å². The van der Waals surface area contributed by atoms with Gasteiger partial charge in [-0.25, -0.2) is 4.79 Å². The Bertz CT molecular complexity index is 453. The van der Waals surface area contributed by atoms with Gasteiger partial charge in [0.1, 0.15) is 11.4 Å². The molecule has 0 saturated heterocycles. The molecular weight excluding hydrogens is 190 g/mol. The molecule has 0 radical (unpaired) electrons. The fourth-order valence-corrected chi connectivity index (χ4v) is 2.40. The van der Waals surface area contributed by atoms with Gasteiger partial charge in [-0.1, -0.05) is 24.3 Å². The van der Waals surface area contributed by atoms with Crippen LogP contribution in [0.3, 0.4) is 0 Å². The van der Waals surface area contributed by atoms with E-state index < -0.39 is 5.54 Å². The second kappa shape index (κ2) is 2.59. The van der Waals surface area contributed by atoms with Crippen molar-refractivity contribution in [1.82, 2.24) is 5.32 Å². The van der Waals surface area contributed by atoms with Gasteiger partial charge in [0.2, 0.25) is 0 Å². The molecule has 0 fully saturated rings. The summed E-state index contributed by atoms with van der Waals surface area (Å²) >= 11 is 0. The summed E-state index contributed by atoms with van der Waals surface area (Å²) in [6.45, 7) is 0. The van der Waals surface area contributed by atoms with Crippen LogP contribution in [0.2, 0.25) is 0 Å². The van der Waals surface area contributed by atoms with Crippen molar-refractivity contribution >= 4 is 11.9 Å². The van der Waals surface area contributed by atoms with Crippen LogP contribution in [-0.4, -0.2) is 17.4 Å². The van der Waals surface area contributed by atoms with Crippen LogP contribution in [0, 0.1) is 0 Å². The highest BCUT2D eigenvalue weighted by molar-refractivity contribution is 6.06. The summed E-state index contributed by atoms with van der Waals surface area (Å²) in [5.74, 6) is 0.420. The van der Waals surface area contributed by atoms with Crippen LogP contribution in [0.1, 0.15) is 11.1 Å². The first-order chi connectivity index (χ1) is 7.20. The van der Waals surface area contributed by atoms with Crippen LogP contribution in [0.5, 0.6) is 0 Å². The van der Waals surface area contributed by atoms with Crippen LogP contribution >= 0.6 is 0 Å². The molecule has 2 amide bonds. The standard InChI is InChI=1S/C11H11N3O/c12-9-11(14-10(15)13-9)5-7-3-1-2-4-8(7)6-11/h1-4H,5-6H2,(H3,12,13,14,15). The molecule has 0 aromatic heterocycles. The minimum atomic E-state index is -0.444. The lowest BCUT2D eigenvalue weighted by Gasteiger charge is -2.22. The van der Waals surface area contributed by atoms with Crippen molar-refractivity contribution in [3.8, 4) is 0 Å². The van der Waals surface area contributed by atoms with E-state index in [1.165, 1.54) is 11.1 Å². The number of amidine groups is 1. The Morgan fingerprint density at radius 1 is 1.27 bits per heavy atom. The highest BCUT2D eigenvalue weighted by atomic mass is 16.2. The molecule has 0 atom stereocenters. The van der Waals surface area contributed by atoms with Gasteiger partial charge in [0, 0.05) is 12.8 Å². The van der Waals surface area contributed by atoms with Gasteiger partial charge >= 0.3 is 6.03 Å². The second-order valence-corrected chi connectivity index (χ2v) is 4.13. The van der Waals surface area contributed by atoms with E-state index in [4.69, 9.17) is 5.73 Å². The van der Waals surface area contributed by atoms with E-state index >= 15 is 0 Å². The predicted octanol–water partition coefficient (Wildman–Crippen LogP) is 0.604. The van der Waals surface area contributed by atoms with E-state index in [9.17, 15) is 4.79 Å². The number of fused-ring (bicyclic) bond motifs is 1. The molecule has 1 spiro atoms. The van der Waals surface area contributed by atoms with Crippen molar-refractivity contribution < 1.29 is 4.79 Å². The summed E-state index contributed by atoms with van der Waals surface area (Å²) in [5, 5.41) is 2.86. The molecule has 2 aliphatic rings. The number of carbonyl (C=O) groups is 1. The zero-order valence-electron chi connectivity index (χ0n) is 8.16. The van der Waals surface area contributed by atoms with Crippen LogP contribution < -0.4 is 11.1 Å². The second-order valence-electron chi connectivity index (χ2n) is 4.13. The number of hydrogen-bond donors (Lipinski definition) is 2. The summed E-state index contributed by atoms with van der Waals surface area (Å²) in [7, 11) is 0. The SMILES string of the molecule is NC1=NC(=O)NC12Cc1ccccc1C2. The molecule has 0 saturated carbocycles. The molecule has 4 heteroatoms. The number of nitrogens with one attached hydrogen (secondary N) is 1. The largest absolute Gasteiger partial charge is 0.385 e. The summed E-state index contributed by atoms with van der Waals surface area (Å²) < 4.78 is 0. The number of nitrogens with zero attached hydrogens (tertiary/aromatic N) is 1. The lowest BCUT2D eigenvalue weighted by atomic mass is 9.95. The Labute approximate surface area is 87.2 Å². The van der Waals surface area contributed by atoms with Crippen LogP contribution in [0.15, 0.2) is 29.3 Å². The Balaban J connectivity index is 2.03. The summed E-state index contributed by atoms with van der Waals surface area (Å²) in [6, 6.07) is 7.83. The first-order valence-corrected chi connectivity index (χ1v) is 4.93. The normalized spacial score (nSPS) is 21.3. The minimum absolute atomic E-state index is 0.319. The topological polar surface area (TPSA) is 67.5 Å². The van der Waals surface area contributed by atoms with E-state index in [0.717, 1.165) is 12.8 Å². The molecule has 1 aromatic rings. The minimum Gasteiger partial charge on any atom is -0.385 e. The van der Waals surface area contributed by atoms with Gasteiger partial charge in [-0.2, -0.15) is 4.99 Å². The highest BCUT2D eigenvalue weighted by Crippen LogP contribution is 2.32. The fourth-order valence-electron chi connectivity index (χ4n) is 2.40. The summed E-state index contributed by atoms with van der Waals surface area (Å²) in [5.41, 5.74) is 7.86. The Kier molecular flexibility index (Phi) is 1.46. The Morgan fingerprint density at radius 3 is 2.33 bits per heavy atom. The van der Waals surface area contributed by atoms with E-state index in [1.807, 2.05) is 12.1 Å². The highest BCUT2D eigenvalue weighted by Gasteiger charge is 2.45. The van der Waals surface area contributed by atoms with E-state index in [2.05, 4.69) is 22.4 Å². The molecule has 4 nitrogen and oxygen atoms in total. The van der Waals surface area contributed by atoms with Gasteiger partial charge in [0.15, 0.2) is 0 Å². The third-order valence-corrected chi connectivity index (χ3v) is 3.16. The molecule has 1 aliphatic heterocycles. The molecule has 3 rings (SSSR count). The molecule has 0 unspecified atom stereocenters. The lowest BCUT2D eigenvalue weighted by Crippen LogP contribution is -2.52. The van der Waals surface area contributed by atoms with Crippen molar-refractivity contribution in [2.24, 2.45) is 10.7 Å². The van der Waals surface area contributed by atoms with Crippen molar-refractivity contribution in [3.05, 3.63) is 35.4 Å². The molecule has 1 aromatic carbocycles. The van der Waals surface area contributed by atoms with Crippen LogP contribution in [0.25, 0.3) is 0 Å². The molecule has 15 heavy (non-hydrogen) atoms. The smallest absolute Gasteiger partial charge is 0.343 e. The number of amides is 2. The van der Waals surface area contributed by atoms with Gasteiger partial charge < -0.3 is 11.1 Å². The number of aliphatic imine (C=N–C) groups is 1. The van der Waals surface area contributed by atoms with Crippen molar-refractivity contribution in [2.45, 2.75) is 18.4 Å². The van der Waals surface area contributed by atoms with Gasteiger partial charge in [-0.3, -0.25) is 0 Å². The third-order valence-electron chi connectivity index (χ3n) is 3.16. The Hall–Kier alpha value is -1.84. The summed E-state index contributed by atoms with van der Waals surface area (Å²) in [4.78, 5) is 14.9. The number of urea groups is 1. The fraction of sp³-hybridized carbons (Fsp3) is 0.273. The maximum Gasteiger partial charge on any atom is 0.343 e. The van der Waals surface area contributed by atoms with Crippen molar-refractivity contribution in [3.63, 3.8) is 0 Å². The number of hydrogen-bond acceptors (Lipinski definition) is 2. The first-order valence-electron chi connectivity index (χ1n) is 4.93. The number of nitrogens with two attached hydrogens (primary N) is 1. The predicted molar refractivity (Wildman–Crippen MR) is 56.7 cm³/mol. The van der Waals surface area contributed by atoms with E-state index in [1.54, 1.807) is 0 Å². The van der Waals surface area contributed by atoms with Crippen molar-refractivity contribution in [2.75, 3.05) is 0 Å². The monoisotopic (exact) mass is 201 g/mol. The van der Waals surface area contributed by atoms with Gasteiger partial charge in [0.25, 0.3) is 0 Å².